The van der Waals surface area contributed by atoms with Crippen LogP contribution in [0.25, 0.3) is 0 Å². The number of carbonyl (C=O) groups is 1. The van der Waals surface area contributed by atoms with E-state index in [4.69, 9.17) is 21.1 Å². The van der Waals surface area contributed by atoms with Crippen molar-refractivity contribution in [2.75, 3.05) is 11.9 Å². The Balaban J connectivity index is 2.29. The molecule has 1 heterocycles. The summed E-state index contributed by atoms with van der Waals surface area (Å²) in [6.45, 7) is 1.40. The van der Waals surface area contributed by atoms with Crippen molar-refractivity contribution in [2.24, 2.45) is 0 Å². The van der Waals surface area contributed by atoms with Gasteiger partial charge in [0.15, 0.2) is 6.39 Å². The zero-order valence-electron chi connectivity index (χ0n) is 10.6. The molecule has 0 aliphatic heterocycles. The monoisotopic (exact) mass is 290 g/mol. The Morgan fingerprint density at radius 3 is 3.00 bits per heavy atom. The number of nitrogens with zero attached hydrogens (tertiary/aromatic N) is 1. The Hall–Kier alpha value is -2.29. The molecule has 0 unspecified atom stereocenters. The first-order valence-corrected chi connectivity index (χ1v) is 6.10. The number of amides is 1. The lowest BCUT2D eigenvalue weighted by molar-refractivity contribution is 0.0996. The van der Waals surface area contributed by atoms with Gasteiger partial charge in [0.25, 0.3) is 5.91 Å². The molecule has 0 radical (unpaired) electrons. The second-order valence-corrected chi connectivity index (χ2v) is 4.31. The number of carbonyl (C=O) groups excluding carboxylic acids is 1. The van der Waals surface area contributed by atoms with E-state index in [0.717, 1.165) is 0 Å². The standard InChI is InChI=1S/C14H11ClN2O3/c1-9-13(20-8-16-9)14(19)17-12-5-4-11(15)7-10(12)3-2-6-18/h4-5,7-8,18H,6H2,1H3,(H,17,19). The summed E-state index contributed by atoms with van der Waals surface area (Å²) in [5, 5.41) is 11.9. The summed E-state index contributed by atoms with van der Waals surface area (Å²) < 4.78 is 5.02. The molecule has 0 aliphatic carbocycles. The highest BCUT2D eigenvalue weighted by Crippen LogP contribution is 2.21. The van der Waals surface area contributed by atoms with E-state index in [1.807, 2.05) is 0 Å². The van der Waals surface area contributed by atoms with Crippen LogP contribution in [0.5, 0.6) is 0 Å². The van der Waals surface area contributed by atoms with E-state index in [2.05, 4.69) is 22.1 Å². The second-order valence-electron chi connectivity index (χ2n) is 3.87. The van der Waals surface area contributed by atoms with E-state index in [1.54, 1.807) is 25.1 Å². The molecule has 2 rings (SSSR count). The second kappa shape index (κ2) is 6.24. The maximum absolute atomic E-state index is 12.0. The van der Waals surface area contributed by atoms with Gasteiger partial charge >= 0.3 is 0 Å². The van der Waals surface area contributed by atoms with Gasteiger partial charge in [-0.1, -0.05) is 23.4 Å². The van der Waals surface area contributed by atoms with Crippen LogP contribution in [0.4, 0.5) is 5.69 Å². The highest BCUT2D eigenvalue weighted by atomic mass is 35.5. The molecule has 0 aliphatic rings. The topological polar surface area (TPSA) is 75.4 Å². The molecule has 2 aromatic rings. The average Bonchev–Trinajstić information content (AvgIpc) is 2.85. The quantitative estimate of drug-likeness (QED) is 0.832. The smallest absolute Gasteiger partial charge is 0.293 e. The van der Waals surface area contributed by atoms with Crippen LogP contribution in [0.3, 0.4) is 0 Å². The number of aryl methyl sites for hydroxylation is 1. The van der Waals surface area contributed by atoms with Crippen LogP contribution < -0.4 is 5.32 Å². The van der Waals surface area contributed by atoms with E-state index in [0.29, 0.717) is 22.0 Å². The summed E-state index contributed by atoms with van der Waals surface area (Å²) in [7, 11) is 0. The number of nitrogens with one attached hydrogen (secondary N) is 1. The number of anilines is 1. The van der Waals surface area contributed by atoms with Gasteiger partial charge in [0.05, 0.1) is 11.4 Å². The van der Waals surface area contributed by atoms with Crippen LogP contribution >= 0.6 is 11.6 Å². The number of aromatic nitrogens is 1. The van der Waals surface area contributed by atoms with Crippen LogP contribution in [-0.2, 0) is 0 Å². The lowest BCUT2D eigenvalue weighted by atomic mass is 10.1. The largest absolute Gasteiger partial charge is 0.438 e. The van der Waals surface area contributed by atoms with Gasteiger partial charge in [-0.25, -0.2) is 4.98 Å². The van der Waals surface area contributed by atoms with Gasteiger partial charge < -0.3 is 14.8 Å². The predicted octanol–water partition coefficient (Wildman–Crippen LogP) is 2.23. The first kappa shape index (κ1) is 14.1. The molecule has 1 aromatic carbocycles. The molecule has 0 spiro atoms. The van der Waals surface area contributed by atoms with Gasteiger partial charge in [-0.3, -0.25) is 4.79 Å². The minimum atomic E-state index is -0.422. The highest BCUT2D eigenvalue weighted by molar-refractivity contribution is 6.30. The number of rotatable bonds is 2. The lowest BCUT2D eigenvalue weighted by Crippen LogP contribution is -2.13. The van der Waals surface area contributed by atoms with Crippen molar-refractivity contribution < 1.29 is 14.3 Å². The van der Waals surface area contributed by atoms with Crippen molar-refractivity contribution in [3.63, 3.8) is 0 Å². The van der Waals surface area contributed by atoms with Crippen LogP contribution in [-0.4, -0.2) is 22.6 Å². The summed E-state index contributed by atoms with van der Waals surface area (Å²) in [6, 6.07) is 4.87. The molecule has 6 heteroatoms. The molecule has 0 atom stereocenters. The minimum Gasteiger partial charge on any atom is -0.438 e. The number of hydrogen-bond acceptors (Lipinski definition) is 4. The number of halogens is 1. The van der Waals surface area contributed by atoms with Crippen molar-refractivity contribution >= 4 is 23.2 Å². The van der Waals surface area contributed by atoms with Crippen molar-refractivity contribution in [3.8, 4) is 11.8 Å². The number of benzene rings is 1. The Morgan fingerprint density at radius 2 is 2.35 bits per heavy atom. The Bertz CT molecular complexity index is 698. The fourth-order valence-corrected chi connectivity index (χ4v) is 1.73. The Kier molecular flexibility index (Phi) is 4.41. The molecular formula is C14H11ClN2O3. The number of aliphatic hydroxyl groups excluding tert-OH is 1. The summed E-state index contributed by atoms with van der Waals surface area (Å²) in [5.41, 5.74) is 1.49. The van der Waals surface area contributed by atoms with Crippen LogP contribution in [0.15, 0.2) is 29.0 Å². The van der Waals surface area contributed by atoms with Gasteiger partial charge in [0.2, 0.25) is 5.76 Å². The van der Waals surface area contributed by atoms with Crippen molar-refractivity contribution in [1.82, 2.24) is 4.98 Å². The predicted molar refractivity (Wildman–Crippen MR) is 74.6 cm³/mol. The first-order valence-electron chi connectivity index (χ1n) is 5.72. The molecule has 2 N–H and O–H groups in total. The zero-order valence-corrected chi connectivity index (χ0v) is 11.4. The number of aliphatic hydroxyl groups is 1. The maximum atomic E-state index is 12.0. The van der Waals surface area contributed by atoms with E-state index in [9.17, 15) is 4.79 Å². The Morgan fingerprint density at radius 1 is 1.55 bits per heavy atom. The molecule has 5 nitrogen and oxygen atoms in total. The molecule has 0 saturated heterocycles. The van der Waals surface area contributed by atoms with Crippen LogP contribution in [0, 0.1) is 18.8 Å². The molecule has 0 bridgehead atoms. The SMILES string of the molecule is Cc1ncoc1C(=O)Nc1ccc(Cl)cc1C#CCO. The van der Waals surface area contributed by atoms with E-state index in [1.165, 1.54) is 6.39 Å². The third kappa shape index (κ3) is 3.18. The summed E-state index contributed by atoms with van der Waals surface area (Å²) >= 11 is 5.89. The van der Waals surface area contributed by atoms with Crippen molar-refractivity contribution in [1.29, 1.82) is 0 Å². The van der Waals surface area contributed by atoms with Crippen molar-refractivity contribution in [3.05, 3.63) is 46.6 Å². The van der Waals surface area contributed by atoms with E-state index in [-0.39, 0.29) is 12.4 Å². The lowest BCUT2D eigenvalue weighted by Gasteiger charge is -2.06. The van der Waals surface area contributed by atoms with Gasteiger partial charge in [0.1, 0.15) is 6.61 Å². The number of oxazole rings is 1. The molecule has 1 amide bonds. The normalized spacial score (nSPS) is 9.75. The Labute approximate surface area is 120 Å². The molecule has 0 fully saturated rings. The molecular weight excluding hydrogens is 280 g/mol. The fourth-order valence-electron chi connectivity index (χ4n) is 1.56. The van der Waals surface area contributed by atoms with Crippen LogP contribution in [0.2, 0.25) is 5.02 Å². The van der Waals surface area contributed by atoms with E-state index >= 15 is 0 Å². The van der Waals surface area contributed by atoms with Gasteiger partial charge in [-0.15, -0.1) is 0 Å². The number of hydrogen-bond donors (Lipinski definition) is 2. The maximum Gasteiger partial charge on any atom is 0.293 e. The molecule has 102 valence electrons. The van der Waals surface area contributed by atoms with Gasteiger partial charge in [0, 0.05) is 10.6 Å². The molecule has 1 aromatic heterocycles. The van der Waals surface area contributed by atoms with Gasteiger partial charge in [-0.2, -0.15) is 0 Å². The first-order chi connectivity index (χ1) is 9.61. The van der Waals surface area contributed by atoms with E-state index < -0.39 is 5.91 Å². The third-order valence-electron chi connectivity index (χ3n) is 2.48. The summed E-state index contributed by atoms with van der Waals surface area (Å²) in [4.78, 5) is 15.9. The fraction of sp³-hybridized carbons (Fsp3) is 0.143. The summed E-state index contributed by atoms with van der Waals surface area (Å²) in [5.74, 6) is 4.95. The molecule has 0 saturated carbocycles. The molecule has 20 heavy (non-hydrogen) atoms. The zero-order chi connectivity index (χ0) is 14.5. The van der Waals surface area contributed by atoms with Crippen LogP contribution in [0.1, 0.15) is 21.8 Å². The highest BCUT2D eigenvalue weighted by Gasteiger charge is 2.15. The average molecular weight is 291 g/mol. The van der Waals surface area contributed by atoms with Crippen molar-refractivity contribution in [2.45, 2.75) is 6.92 Å². The third-order valence-corrected chi connectivity index (χ3v) is 2.72. The summed E-state index contributed by atoms with van der Waals surface area (Å²) in [6.07, 6.45) is 1.21. The minimum absolute atomic E-state index is 0.140. The van der Waals surface area contributed by atoms with Gasteiger partial charge in [-0.05, 0) is 25.1 Å².